The Bertz CT molecular complexity index is 530. The van der Waals surface area contributed by atoms with E-state index in [1.165, 1.54) is 5.69 Å². The smallest absolute Gasteiger partial charge is 0.194 e. The second kappa shape index (κ2) is 11.2. The van der Waals surface area contributed by atoms with Gasteiger partial charge in [-0.05, 0) is 44.9 Å². The number of nitrogens with zero attached hydrogens (tertiary/aromatic N) is 3. The van der Waals surface area contributed by atoms with E-state index in [1.54, 1.807) is 0 Å². The zero-order valence-electron chi connectivity index (χ0n) is 15.5. The molecule has 5 nitrogen and oxygen atoms in total. The highest BCUT2D eigenvalue weighted by atomic mass is 35.5. The number of rotatable bonds is 8. The number of anilines is 1. The maximum Gasteiger partial charge on any atom is 0.194 e. The van der Waals surface area contributed by atoms with Crippen molar-refractivity contribution >= 4 is 23.2 Å². The van der Waals surface area contributed by atoms with Crippen molar-refractivity contribution in [3.05, 3.63) is 29.3 Å². The number of piperazine rings is 1. The Hall–Kier alpha value is -1.46. The number of nitrogens with one attached hydrogen (secondary N) is 1. The lowest BCUT2D eigenvalue weighted by atomic mass is 10.2. The van der Waals surface area contributed by atoms with Crippen LogP contribution >= 0.6 is 11.6 Å². The molecule has 140 valence electrons. The van der Waals surface area contributed by atoms with E-state index in [1.807, 2.05) is 25.1 Å². The Morgan fingerprint density at radius 2 is 2.00 bits per heavy atom. The molecular formula is C19H31ClN4O. The predicted molar refractivity (Wildman–Crippen MR) is 107 cm³/mol. The van der Waals surface area contributed by atoms with Crippen molar-refractivity contribution in [2.75, 3.05) is 57.4 Å². The average molecular weight is 367 g/mol. The lowest BCUT2D eigenvalue weighted by Gasteiger charge is -2.37. The molecule has 1 heterocycles. The number of halogens is 1. The minimum atomic E-state index is 0.793. The summed E-state index contributed by atoms with van der Waals surface area (Å²) in [7, 11) is 0. The molecule has 1 aromatic carbocycles. The SMILES string of the molecule is CCNC(=NCCCCOCC)N1CCN(c2cccc(Cl)c2)CC1. The van der Waals surface area contributed by atoms with Crippen LogP contribution in [0.25, 0.3) is 0 Å². The minimum absolute atomic E-state index is 0.793. The van der Waals surface area contributed by atoms with E-state index in [2.05, 4.69) is 28.1 Å². The van der Waals surface area contributed by atoms with Crippen LogP contribution in [0.1, 0.15) is 26.7 Å². The summed E-state index contributed by atoms with van der Waals surface area (Å²) in [5, 5.41) is 4.22. The molecule has 0 amide bonds. The molecule has 0 aliphatic carbocycles. The van der Waals surface area contributed by atoms with Gasteiger partial charge in [0, 0.05) is 63.2 Å². The summed E-state index contributed by atoms with van der Waals surface area (Å²) in [6.07, 6.45) is 2.14. The molecular weight excluding hydrogens is 336 g/mol. The first kappa shape index (κ1) is 19.9. The largest absolute Gasteiger partial charge is 0.382 e. The summed E-state index contributed by atoms with van der Waals surface area (Å²) in [6.45, 7) is 11.4. The van der Waals surface area contributed by atoms with Crippen LogP contribution < -0.4 is 10.2 Å². The zero-order valence-corrected chi connectivity index (χ0v) is 16.3. The van der Waals surface area contributed by atoms with Gasteiger partial charge in [0.05, 0.1) is 0 Å². The maximum absolute atomic E-state index is 6.11. The molecule has 2 rings (SSSR count). The van der Waals surface area contributed by atoms with Gasteiger partial charge in [-0.3, -0.25) is 4.99 Å². The molecule has 1 aliphatic heterocycles. The standard InChI is InChI=1S/C19H31ClN4O/c1-3-21-19(22-10-5-6-15-25-4-2)24-13-11-23(12-14-24)18-9-7-8-17(20)16-18/h7-9,16H,3-6,10-15H2,1-2H3,(H,21,22). The summed E-state index contributed by atoms with van der Waals surface area (Å²) >= 11 is 6.11. The van der Waals surface area contributed by atoms with Gasteiger partial charge in [-0.2, -0.15) is 0 Å². The predicted octanol–water partition coefficient (Wildman–Crippen LogP) is 3.24. The van der Waals surface area contributed by atoms with Crippen molar-refractivity contribution in [2.45, 2.75) is 26.7 Å². The van der Waals surface area contributed by atoms with Gasteiger partial charge in [0.2, 0.25) is 0 Å². The Labute approximate surface area is 157 Å². The monoisotopic (exact) mass is 366 g/mol. The van der Waals surface area contributed by atoms with Crippen LogP contribution in [-0.4, -0.2) is 63.3 Å². The lowest BCUT2D eigenvalue weighted by Crippen LogP contribution is -2.52. The second-order valence-electron chi connectivity index (χ2n) is 6.09. The second-order valence-corrected chi connectivity index (χ2v) is 6.53. The van der Waals surface area contributed by atoms with Gasteiger partial charge >= 0.3 is 0 Å². The third-order valence-corrected chi connectivity index (χ3v) is 4.49. The van der Waals surface area contributed by atoms with Crippen molar-refractivity contribution in [1.29, 1.82) is 0 Å². The van der Waals surface area contributed by atoms with E-state index in [9.17, 15) is 0 Å². The molecule has 0 radical (unpaired) electrons. The zero-order chi connectivity index (χ0) is 17.9. The van der Waals surface area contributed by atoms with Gasteiger partial charge in [-0.25, -0.2) is 0 Å². The highest BCUT2D eigenvalue weighted by molar-refractivity contribution is 6.30. The third-order valence-electron chi connectivity index (χ3n) is 4.25. The van der Waals surface area contributed by atoms with Gasteiger partial charge in [-0.1, -0.05) is 17.7 Å². The molecule has 6 heteroatoms. The van der Waals surface area contributed by atoms with Gasteiger partial charge < -0.3 is 19.9 Å². The van der Waals surface area contributed by atoms with Crippen molar-refractivity contribution in [3.63, 3.8) is 0 Å². The highest BCUT2D eigenvalue weighted by Crippen LogP contribution is 2.20. The fraction of sp³-hybridized carbons (Fsp3) is 0.632. The molecule has 1 N–H and O–H groups in total. The third kappa shape index (κ3) is 6.75. The van der Waals surface area contributed by atoms with Gasteiger partial charge in [0.15, 0.2) is 5.96 Å². The number of hydrogen-bond donors (Lipinski definition) is 1. The van der Waals surface area contributed by atoms with E-state index >= 15 is 0 Å². The number of guanidine groups is 1. The summed E-state index contributed by atoms with van der Waals surface area (Å²) in [6, 6.07) is 8.09. The molecule has 1 fully saturated rings. The van der Waals surface area contributed by atoms with Crippen molar-refractivity contribution < 1.29 is 4.74 Å². The molecule has 1 saturated heterocycles. The first-order chi connectivity index (χ1) is 12.2. The van der Waals surface area contributed by atoms with Gasteiger partial charge in [0.25, 0.3) is 0 Å². The van der Waals surface area contributed by atoms with Crippen LogP contribution in [0, 0.1) is 0 Å². The fourth-order valence-corrected chi connectivity index (χ4v) is 3.10. The lowest BCUT2D eigenvalue weighted by molar-refractivity contribution is 0.144. The van der Waals surface area contributed by atoms with Crippen LogP contribution in [0.4, 0.5) is 5.69 Å². The fourth-order valence-electron chi connectivity index (χ4n) is 2.92. The Kier molecular flexibility index (Phi) is 8.91. The molecule has 0 aromatic heterocycles. The Morgan fingerprint density at radius 3 is 2.68 bits per heavy atom. The molecule has 1 aliphatic rings. The Morgan fingerprint density at radius 1 is 1.20 bits per heavy atom. The van der Waals surface area contributed by atoms with E-state index in [-0.39, 0.29) is 0 Å². The van der Waals surface area contributed by atoms with Crippen molar-refractivity contribution in [1.82, 2.24) is 10.2 Å². The maximum atomic E-state index is 6.11. The molecule has 25 heavy (non-hydrogen) atoms. The first-order valence-electron chi connectivity index (χ1n) is 9.36. The molecule has 0 bridgehead atoms. The van der Waals surface area contributed by atoms with Crippen LogP contribution in [-0.2, 0) is 4.74 Å². The van der Waals surface area contributed by atoms with Crippen molar-refractivity contribution in [3.8, 4) is 0 Å². The normalized spacial score (nSPS) is 15.6. The summed E-state index contributed by atoms with van der Waals surface area (Å²) in [5.74, 6) is 1.03. The number of benzene rings is 1. The van der Waals surface area contributed by atoms with Crippen LogP contribution in [0.3, 0.4) is 0 Å². The number of hydrogen-bond acceptors (Lipinski definition) is 3. The minimum Gasteiger partial charge on any atom is -0.382 e. The van der Waals surface area contributed by atoms with Crippen LogP contribution in [0.5, 0.6) is 0 Å². The summed E-state index contributed by atoms with van der Waals surface area (Å²) in [5.41, 5.74) is 1.20. The quantitative estimate of drug-likeness (QED) is 0.435. The van der Waals surface area contributed by atoms with Crippen LogP contribution in [0.2, 0.25) is 5.02 Å². The molecule has 0 saturated carbocycles. The first-order valence-corrected chi connectivity index (χ1v) is 9.74. The average Bonchev–Trinajstić information content (AvgIpc) is 2.64. The van der Waals surface area contributed by atoms with Crippen LogP contribution in [0.15, 0.2) is 29.3 Å². The van der Waals surface area contributed by atoms with Gasteiger partial charge in [0.1, 0.15) is 0 Å². The molecule has 0 atom stereocenters. The Balaban J connectivity index is 1.82. The van der Waals surface area contributed by atoms with E-state index in [0.29, 0.717) is 0 Å². The molecule has 0 spiro atoms. The molecule has 0 unspecified atom stereocenters. The molecule has 1 aromatic rings. The van der Waals surface area contributed by atoms with E-state index < -0.39 is 0 Å². The number of ether oxygens (including phenoxy) is 1. The van der Waals surface area contributed by atoms with E-state index in [0.717, 1.165) is 76.3 Å². The van der Waals surface area contributed by atoms with E-state index in [4.69, 9.17) is 21.3 Å². The number of unbranched alkanes of at least 4 members (excludes halogenated alkanes) is 1. The summed E-state index contributed by atoms with van der Waals surface area (Å²) < 4.78 is 5.38. The highest BCUT2D eigenvalue weighted by Gasteiger charge is 2.19. The topological polar surface area (TPSA) is 40.1 Å². The van der Waals surface area contributed by atoms with Crippen molar-refractivity contribution in [2.24, 2.45) is 4.99 Å². The summed E-state index contributed by atoms with van der Waals surface area (Å²) in [4.78, 5) is 9.52. The van der Waals surface area contributed by atoms with Gasteiger partial charge in [-0.15, -0.1) is 0 Å². The number of aliphatic imine (C=N–C) groups is 1.